The zero-order chi connectivity index (χ0) is 13.8. The van der Waals surface area contributed by atoms with Crippen LogP contribution in [0, 0.1) is 5.92 Å². The van der Waals surface area contributed by atoms with Crippen LogP contribution >= 0.6 is 0 Å². The highest BCUT2D eigenvalue weighted by Crippen LogP contribution is 2.43. The van der Waals surface area contributed by atoms with Crippen LogP contribution in [0.4, 0.5) is 0 Å². The normalized spacial score (nSPS) is 27.4. The van der Waals surface area contributed by atoms with Crippen LogP contribution in [-0.2, 0) is 4.74 Å². The lowest BCUT2D eigenvalue weighted by molar-refractivity contribution is -0.121. The second kappa shape index (κ2) is 6.19. The summed E-state index contributed by atoms with van der Waals surface area (Å²) < 4.78 is 6.21. The fraction of sp³-hybridized carbons (Fsp3) is 0.750. The highest BCUT2D eigenvalue weighted by Gasteiger charge is 2.40. The predicted molar refractivity (Wildman–Crippen MR) is 78.3 cm³/mol. The third-order valence-electron chi connectivity index (χ3n) is 5.02. The largest absolute Gasteiger partial charge is 0.375 e. The molecule has 1 N–H and O–H groups in total. The summed E-state index contributed by atoms with van der Waals surface area (Å²) in [6, 6.07) is 0.346. The lowest BCUT2D eigenvalue weighted by Crippen LogP contribution is -2.44. The number of ether oxygens (including phenoxy) is 1. The molecule has 1 saturated heterocycles. The molecule has 0 radical (unpaired) electrons. The first-order valence-corrected chi connectivity index (χ1v) is 7.89. The van der Waals surface area contributed by atoms with E-state index in [4.69, 9.17) is 4.74 Å². The Bertz CT molecular complexity index is 411. The molecule has 2 heterocycles. The van der Waals surface area contributed by atoms with Gasteiger partial charge in [0.15, 0.2) is 0 Å². The lowest BCUT2D eigenvalue weighted by Gasteiger charge is -2.45. The highest BCUT2D eigenvalue weighted by molar-refractivity contribution is 5.11. The minimum atomic E-state index is 0.159. The number of hydrogen-bond acceptors (Lipinski definition) is 4. The molecule has 2 unspecified atom stereocenters. The van der Waals surface area contributed by atoms with E-state index in [1.807, 2.05) is 19.4 Å². The Morgan fingerprint density at radius 3 is 2.70 bits per heavy atom. The second-order valence-electron chi connectivity index (χ2n) is 6.28. The molecule has 1 aromatic rings. The van der Waals surface area contributed by atoms with Gasteiger partial charge in [0, 0.05) is 30.6 Å². The number of rotatable bonds is 3. The van der Waals surface area contributed by atoms with Gasteiger partial charge in [-0.3, -0.25) is 0 Å². The van der Waals surface area contributed by atoms with E-state index in [-0.39, 0.29) is 5.60 Å². The molecule has 1 aliphatic carbocycles. The minimum Gasteiger partial charge on any atom is -0.375 e. The maximum atomic E-state index is 6.21. The van der Waals surface area contributed by atoms with Crippen molar-refractivity contribution in [1.82, 2.24) is 15.3 Å². The Morgan fingerprint density at radius 1 is 1.25 bits per heavy atom. The van der Waals surface area contributed by atoms with Gasteiger partial charge in [-0.25, -0.2) is 9.97 Å². The van der Waals surface area contributed by atoms with Crippen LogP contribution < -0.4 is 5.32 Å². The summed E-state index contributed by atoms with van der Waals surface area (Å²) in [7, 11) is 2.04. The van der Waals surface area contributed by atoms with Crippen molar-refractivity contribution in [1.29, 1.82) is 0 Å². The van der Waals surface area contributed by atoms with Gasteiger partial charge < -0.3 is 10.1 Å². The van der Waals surface area contributed by atoms with Crippen molar-refractivity contribution in [2.45, 2.75) is 56.6 Å². The van der Waals surface area contributed by atoms with Crippen molar-refractivity contribution in [2.24, 2.45) is 5.92 Å². The monoisotopic (exact) mass is 275 g/mol. The van der Waals surface area contributed by atoms with Crippen molar-refractivity contribution in [2.75, 3.05) is 13.7 Å². The quantitative estimate of drug-likeness (QED) is 0.921. The van der Waals surface area contributed by atoms with E-state index in [2.05, 4.69) is 15.3 Å². The molecule has 0 aromatic carbocycles. The van der Waals surface area contributed by atoms with Crippen LogP contribution in [0.2, 0.25) is 0 Å². The van der Waals surface area contributed by atoms with Crippen molar-refractivity contribution >= 4 is 0 Å². The molecule has 2 aliphatic rings. The van der Waals surface area contributed by atoms with Gasteiger partial charge >= 0.3 is 0 Å². The summed E-state index contributed by atoms with van der Waals surface area (Å²) in [5.74, 6) is 0.623. The smallest absolute Gasteiger partial charge is 0.115 e. The van der Waals surface area contributed by atoms with Gasteiger partial charge in [0.2, 0.25) is 0 Å². The zero-order valence-corrected chi connectivity index (χ0v) is 12.3. The summed E-state index contributed by atoms with van der Waals surface area (Å²) in [5, 5.41) is 3.47. The summed E-state index contributed by atoms with van der Waals surface area (Å²) >= 11 is 0. The van der Waals surface area contributed by atoms with Crippen LogP contribution in [0.15, 0.2) is 18.7 Å². The van der Waals surface area contributed by atoms with E-state index >= 15 is 0 Å². The zero-order valence-electron chi connectivity index (χ0n) is 12.3. The van der Waals surface area contributed by atoms with Crippen LogP contribution in [0.1, 0.15) is 56.6 Å². The van der Waals surface area contributed by atoms with E-state index < -0.39 is 0 Å². The molecule has 3 rings (SSSR count). The van der Waals surface area contributed by atoms with Gasteiger partial charge in [-0.1, -0.05) is 19.3 Å². The van der Waals surface area contributed by atoms with E-state index in [1.54, 1.807) is 6.33 Å². The Kier molecular flexibility index (Phi) is 4.32. The molecule has 2 fully saturated rings. The first kappa shape index (κ1) is 14.0. The van der Waals surface area contributed by atoms with Gasteiger partial charge in [0.05, 0.1) is 5.60 Å². The molecule has 1 spiro atoms. The number of nitrogens with one attached hydrogen (secondary N) is 1. The Labute approximate surface area is 121 Å². The Balaban J connectivity index is 1.75. The standard InChI is InChI=1S/C16H25N3O/c1-17-15(14-10-18-12-19-11-14)13-5-8-20-16(9-13)6-3-2-4-7-16/h10-13,15,17H,2-9H2,1H3. The van der Waals surface area contributed by atoms with Crippen LogP contribution in [0.3, 0.4) is 0 Å². The molecule has 110 valence electrons. The van der Waals surface area contributed by atoms with Crippen molar-refractivity contribution < 1.29 is 4.74 Å². The number of nitrogens with zero attached hydrogens (tertiary/aromatic N) is 2. The fourth-order valence-electron chi connectivity index (χ4n) is 4.04. The van der Waals surface area contributed by atoms with Crippen molar-refractivity contribution in [3.05, 3.63) is 24.3 Å². The van der Waals surface area contributed by atoms with Gasteiger partial charge in [-0.05, 0) is 38.6 Å². The molecule has 0 bridgehead atoms. The van der Waals surface area contributed by atoms with Crippen molar-refractivity contribution in [3.63, 3.8) is 0 Å². The van der Waals surface area contributed by atoms with E-state index in [9.17, 15) is 0 Å². The van der Waals surface area contributed by atoms with Crippen LogP contribution in [0.5, 0.6) is 0 Å². The Morgan fingerprint density at radius 2 is 2.00 bits per heavy atom. The molecule has 2 atom stereocenters. The second-order valence-corrected chi connectivity index (χ2v) is 6.28. The molecule has 1 aliphatic heterocycles. The minimum absolute atomic E-state index is 0.159. The highest BCUT2D eigenvalue weighted by atomic mass is 16.5. The third-order valence-corrected chi connectivity index (χ3v) is 5.02. The van der Waals surface area contributed by atoms with Crippen molar-refractivity contribution in [3.8, 4) is 0 Å². The van der Waals surface area contributed by atoms with Crippen LogP contribution in [-0.4, -0.2) is 29.2 Å². The topological polar surface area (TPSA) is 47.0 Å². The molecule has 1 saturated carbocycles. The summed E-state index contributed by atoms with van der Waals surface area (Å²) in [4.78, 5) is 8.34. The SMILES string of the molecule is CNC(c1cncnc1)C1CCOC2(CCCCC2)C1. The molecular formula is C16H25N3O. The van der Waals surface area contributed by atoms with E-state index in [1.165, 1.54) is 44.1 Å². The lowest BCUT2D eigenvalue weighted by atomic mass is 9.73. The molecule has 20 heavy (non-hydrogen) atoms. The molecular weight excluding hydrogens is 250 g/mol. The predicted octanol–water partition coefficient (Wildman–Crippen LogP) is 2.87. The summed E-state index contributed by atoms with van der Waals surface area (Å²) in [6.45, 7) is 0.899. The van der Waals surface area contributed by atoms with Crippen LogP contribution in [0.25, 0.3) is 0 Å². The summed E-state index contributed by atoms with van der Waals surface area (Å²) in [5.41, 5.74) is 1.36. The average molecular weight is 275 g/mol. The van der Waals surface area contributed by atoms with Gasteiger partial charge in [0.1, 0.15) is 6.33 Å². The Hall–Kier alpha value is -1.00. The molecule has 1 aromatic heterocycles. The third kappa shape index (κ3) is 2.86. The fourth-order valence-corrected chi connectivity index (χ4v) is 4.04. The molecule has 4 heteroatoms. The number of aromatic nitrogens is 2. The van der Waals surface area contributed by atoms with Gasteiger partial charge in [-0.2, -0.15) is 0 Å². The summed E-state index contributed by atoms with van der Waals surface area (Å²) in [6.07, 6.45) is 14.3. The molecule has 4 nitrogen and oxygen atoms in total. The first-order valence-electron chi connectivity index (χ1n) is 7.89. The number of hydrogen-bond donors (Lipinski definition) is 1. The molecule has 0 amide bonds. The van der Waals surface area contributed by atoms with E-state index in [0.29, 0.717) is 12.0 Å². The van der Waals surface area contributed by atoms with Gasteiger partial charge in [0.25, 0.3) is 0 Å². The maximum Gasteiger partial charge on any atom is 0.115 e. The van der Waals surface area contributed by atoms with E-state index in [0.717, 1.165) is 13.0 Å². The maximum absolute atomic E-state index is 6.21. The first-order chi connectivity index (χ1) is 9.83. The van der Waals surface area contributed by atoms with Gasteiger partial charge in [-0.15, -0.1) is 0 Å². The average Bonchev–Trinajstić information content (AvgIpc) is 2.50.